The minimum Gasteiger partial charge on any atom is -0.299 e. The van der Waals surface area contributed by atoms with Gasteiger partial charge in [0, 0.05) is 12.3 Å². The molecule has 88 valence electrons. The Hall–Kier alpha value is -0.330. The molecule has 0 radical (unpaired) electrons. The molecular formula is C14H26O. The molecule has 1 aliphatic carbocycles. The maximum absolute atomic E-state index is 12.0. The van der Waals surface area contributed by atoms with Crippen molar-refractivity contribution >= 4 is 5.78 Å². The number of ketones is 1. The number of hydrogen-bond acceptors (Lipinski definition) is 1. The molecule has 1 saturated carbocycles. The highest BCUT2D eigenvalue weighted by Gasteiger charge is 2.27. The summed E-state index contributed by atoms with van der Waals surface area (Å²) in [6.07, 6.45) is 6.89. The quantitative estimate of drug-likeness (QED) is 0.682. The average molecular weight is 210 g/mol. The first kappa shape index (κ1) is 12.7. The summed E-state index contributed by atoms with van der Waals surface area (Å²) in [5.41, 5.74) is 0.165. The second kappa shape index (κ2) is 5.14. The van der Waals surface area contributed by atoms with Crippen LogP contribution in [-0.2, 0) is 4.79 Å². The first-order valence-corrected chi connectivity index (χ1v) is 6.45. The van der Waals surface area contributed by atoms with Gasteiger partial charge in [-0.2, -0.15) is 0 Å². The van der Waals surface area contributed by atoms with Crippen molar-refractivity contribution in [2.45, 2.75) is 66.2 Å². The van der Waals surface area contributed by atoms with Crippen molar-refractivity contribution in [2.24, 2.45) is 17.3 Å². The number of Topliss-reactive ketones (excluding diaryl/α,β-unsaturated/α-hetero) is 1. The van der Waals surface area contributed by atoms with Crippen LogP contribution in [0.2, 0.25) is 0 Å². The van der Waals surface area contributed by atoms with Gasteiger partial charge in [-0.25, -0.2) is 0 Å². The van der Waals surface area contributed by atoms with Crippen LogP contribution in [0.15, 0.2) is 0 Å². The molecule has 1 heteroatoms. The summed E-state index contributed by atoms with van der Waals surface area (Å²) in [7, 11) is 0. The van der Waals surface area contributed by atoms with Crippen LogP contribution in [0.25, 0.3) is 0 Å². The summed E-state index contributed by atoms with van der Waals surface area (Å²) < 4.78 is 0. The van der Waals surface area contributed by atoms with Crippen LogP contribution < -0.4 is 0 Å². The molecule has 0 spiro atoms. The zero-order valence-corrected chi connectivity index (χ0v) is 10.8. The number of carbonyl (C=O) groups is 1. The Morgan fingerprint density at radius 1 is 1.13 bits per heavy atom. The molecule has 0 amide bonds. The zero-order valence-electron chi connectivity index (χ0n) is 10.8. The van der Waals surface area contributed by atoms with E-state index in [2.05, 4.69) is 27.7 Å². The minimum absolute atomic E-state index is 0.165. The molecule has 0 heterocycles. The number of carbonyl (C=O) groups excluding carboxylic acids is 1. The third kappa shape index (κ3) is 4.36. The summed E-state index contributed by atoms with van der Waals surface area (Å²) in [5, 5.41) is 0. The number of hydrogen-bond donors (Lipinski definition) is 0. The highest BCUT2D eigenvalue weighted by Crippen LogP contribution is 2.33. The Morgan fingerprint density at radius 2 is 1.67 bits per heavy atom. The highest BCUT2D eigenvalue weighted by molar-refractivity contribution is 5.81. The molecule has 0 N–H and O–H groups in total. The second-order valence-electron chi connectivity index (χ2n) is 6.33. The summed E-state index contributed by atoms with van der Waals surface area (Å²) in [6, 6.07) is 0. The normalized spacial score (nSPS) is 27.7. The van der Waals surface area contributed by atoms with E-state index in [0.717, 1.165) is 25.2 Å². The van der Waals surface area contributed by atoms with Crippen molar-refractivity contribution < 1.29 is 4.79 Å². The lowest BCUT2D eigenvalue weighted by Crippen LogP contribution is -2.25. The predicted molar refractivity (Wildman–Crippen MR) is 64.8 cm³/mol. The summed E-state index contributed by atoms with van der Waals surface area (Å²) in [4.78, 5) is 12.0. The van der Waals surface area contributed by atoms with Gasteiger partial charge in [0.15, 0.2) is 0 Å². The molecule has 0 aromatic carbocycles. The van der Waals surface area contributed by atoms with E-state index in [1.165, 1.54) is 19.3 Å². The smallest absolute Gasteiger partial charge is 0.136 e. The first-order chi connectivity index (χ1) is 6.92. The molecule has 1 nitrogen and oxygen atoms in total. The van der Waals surface area contributed by atoms with Crippen molar-refractivity contribution in [3.05, 3.63) is 0 Å². The summed E-state index contributed by atoms with van der Waals surface area (Å²) in [5.74, 6) is 1.78. The van der Waals surface area contributed by atoms with Crippen molar-refractivity contribution in [2.75, 3.05) is 0 Å². The van der Waals surface area contributed by atoms with Gasteiger partial charge in [0.05, 0.1) is 0 Å². The molecule has 15 heavy (non-hydrogen) atoms. The van der Waals surface area contributed by atoms with E-state index in [1.807, 2.05) is 0 Å². The Morgan fingerprint density at radius 3 is 2.07 bits per heavy atom. The van der Waals surface area contributed by atoms with Crippen LogP contribution in [0.5, 0.6) is 0 Å². The van der Waals surface area contributed by atoms with Crippen LogP contribution in [-0.4, -0.2) is 5.78 Å². The van der Waals surface area contributed by atoms with Gasteiger partial charge in [0.1, 0.15) is 5.78 Å². The standard InChI is InChI=1S/C14H26O/c1-5-11-6-8-12(9-7-11)13(15)10-14(2,3)4/h11-12H,5-10H2,1-4H3. The SMILES string of the molecule is CCC1CCC(C(=O)CC(C)(C)C)CC1. The first-order valence-electron chi connectivity index (χ1n) is 6.45. The molecule has 0 aromatic heterocycles. The van der Waals surface area contributed by atoms with Crippen LogP contribution in [0.4, 0.5) is 0 Å². The van der Waals surface area contributed by atoms with Gasteiger partial charge in [0.25, 0.3) is 0 Å². The molecule has 1 aliphatic rings. The van der Waals surface area contributed by atoms with Gasteiger partial charge < -0.3 is 0 Å². The fourth-order valence-electron chi connectivity index (χ4n) is 2.56. The third-order valence-electron chi connectivity index (χ3n) is 3.58. The number of rotatable bonds is 3. The Bertz CT molecular complexity index is 204. The van der Waals surface area contributed by atoms with E-state index in [9.17, 15) is 4.79 Å². The summed E-state index contributed by atoms with van der Waals surface area (Å²) >= 11 is 0. The Balaban J connectivity index is 2.37. The van der Waals surface area contributed by atoms with Crippen molar-refractivity contribution in [3.8, 4) is 0 Å². The second-order valence-corrected chi connectivity index (χ2v) is 6.33. The fourth-order valence-corrected chi connectivity index (χ4v) is 2.56. The lowest BCUT2D eigenvalue weighted by atomic mass is 9.76. The van der Waals surface area contributed by atoms with Crippen molar-refractivity contribution in [3.63, 3.8) is 0 Å². The average Bonchev–Trinajstić information content (AvgIpc) is 2.15. The predicted octanol–water partition coefficient (Wildman–Crippen LogP) is 4.21. The molecule has 0 atom stereocenters. The van der Waals surface area contributed by atoms with Crippen LogP contribution >= 0.6 is 0 Å². The van der Waals surface area contributed by atoms with E-state index in [-0.39, 0.29) is 5.41 Å². The van der Waals surface area contributed by atoms with Gasteiger partial charge >= 0.3 is 0 Å². The zero-order chi connectivity index (χ0) is 11.5. The molecule has 1 rings (SSSR count). The highest BCUT2D eigenvalue weighted by atomic mass is 16.1. The van der Waals surface area contributed by atoms with Crippen molar-refractivity contribution in [1.29, 1.82) is 0 Å². The molecule has 1 fully saturated rings. The molecule has 0 unspecified atom stereocenters. The Labute approximate surface area is 94.6 Å². The van der Waals surface area contributed by atoms with Gasteiger partial charge in [-0.3, -0.25) is 4.79 Å². The lowest BCUT2D eigenvalue weighted by Gasteiger charge is -2.28. The van der Waals surface area contributed by atoms with Crippen LogP contribution in [0, 0.1) is 17.3 Å². The van der Waals surface area contributed by atoms with Crippen LogP contribution in [0.1, 0.15) is 66.2 Å². The van der Waals surface area contributed by atoms with Gasteiger partial charge in [-0.1, -0.05) is 34.1 Å². The maximum atomic E-state index is 12.0. The third-order valence-corrected chi connectivity index (χ3v) is 3.58. The van der Waals surface area contributed by atoms with Crippen molar-refractivity contribution in [1.82, 2.24) is 0 Å². The maximum Gasteiger partial charge on any atom is 0.136 e. The topological polar surface area (TPSA) is 17.1 Å². The van der Waals surface area contributed by atoms with Gasteiger partial charge in [-0.05, 0) is 37.0 Å². The molecule has 0 aliphatic heterocycles. The molecular weight excluding hydrogens is 184 g/mol. The van der Waals surface area contributed by atoms with E-state index in [1.54, 1.807) is 0 Å². The molecule has 0 bridgehead atoms. The van der Waals surface area contributed by atoms with E-state index >= 15 is 0 Å². The lowest BCUT2D eigenvalue weighted by molar-refractivity contribution is -0.125. The van der Waals surface area contributed by atoms with E-state index in [4.69, 9.17) is 0 Å². The van der Waals surface area contributed by atoms with Gasteiger partial charge in [-0.15, -0.1) is 0 Å². The monoisotopic (exact) mass is 210 g/mol. The summed E-state index contributed by atoms with van der Waals surface area (Å²) in [6.45, 7) is 8.73. The van der Waals surface area contributed by atoms with Crippen LogP contribution in [0.3, 0.4) is 0 Å². The molecule has 0 saturated heterocycles. The molecule has 0 aromatic rings. The minimum atomic E-state index is 0.165. The Kier molecular flexibility index (Phi) is 4.36. The van der Waals surface area contributed by atoms with Gasteiger partial charge in [0.2, 0.25) is 0 Å². The largest absolute Gasteiger partial charge is 0.299 e. The fraction of sp³-hybridized carbons (Fsp3) is 0.929. The van der Waals surface area contributed by atoms with E-state index in [0.29, 0.717) is 11.7 Å². The van der Waals surface area contributed by atoms with E-state index < -0.39 is 0 Å².